The first-order valence-corrected chi connectivity index (χ1v) is 8.44. The largest absolute Gasteiger partial charge is 0.490 e. The summed E-state index contributed by atoms with van der Waals surface area (Å²) in [7, 11) is 0. The number of benzene rings is 2. The van der Waals surface area contributed by atoms with E-state index >= 15 is 0 Å². The van der Waals surface area contributed by atoms with Crippen molar-refractivity contribution in [3.05, 3.63) is 66.2 Å². The number of ether oxygens (including phenoxy) is 3. The molecule has 0 bridgehead atoms. The van der Waals surface area contributed by atoms with Gasteiger partial charge in [-0.2, -0.15) is 5.10 Å². The van der Waals surface area contributed by atoms with E-state index in [9.17, 15) is 0 Å². The van der Waals surface area contributed by atoms with Crippen molar-refractivity contribution in [2.45, 2.75) is 6.54 Å². The molecule has 7 heteroatoms. The monoisotopic (exact) mass is 369 g/mol. The number of hydrogen-bond donors (Lipinski definition) is 2. The number of hydrazone groups is 1. The lowest BCUT2D eigenvalue weighted by Gasteiger charge is -2.08. The zero-order valence-electron chi connectivity index (χ0n) is 14.1. The molecule has 2 N–H and O–H groups in total. The predicted molar refractivity (Wildman–Crippen MR) is 105 cm³/mol. The molecule has 0 aromatic heterocycles. The molecule has 0 amide bonds. The summed E-state index contributed by atoms with van der Waals surface area (Å²) in [5, 5.41) is 7.65. The highest BCUT2D eigenvalue weighted by molar-refractivity contribution is 7.80. The van der Waals surface area contributed by atoms with Crippen molar-refractivity contribution in [3.63, 3.8) is 0 Å². The van der Waals surface area contributed by atoms with Gasteiger partial charge in [-0.1, -0.05) is 30.9 Å². The number of nitrogens with one attached hydrogen (secondary N) is 2. The second-order valence-corrected chi connectivity index (χ2v) is 5.82. The zero-order valence-corrected chi connectivity index (χ0v) is 14.9. The van der Waals surface area contributed by atoms with Crippen LogP contribution in [0.2, 0.25) is 0 Å². The van der Waals surface area contributed by atoms with Gasteiger partial charge in [0.2, 0.25) is 6.79 Å². The number of thiocarbonyl (C=S) groups is 1. The number of nitrogens with zero attached hydrogens (tertiary/aromatic N) is 1. The van der Waals surface area contributed by atoms with Crippen LogP contribution in [0.3, 0.4) is 0 Å². The molecule has 0 saturated carbocycles. The lowest BCUT2D eigenvalue weighted by atomic mass is 10.2. The molecular formula is C19H19N3O3S. The van der Waals surface area contributed by atoms with E-state index in [2.05, 4.69) is 22.4 Å². The van der Waals surface area contributed by atoms with Crippen LogP contribution >= 0.6 is 12.2 Å². The molecule has 1 aliphatic rings. The van der Waals surface area contributed by atoms with Gasteiger partial charge in [0.05, 0.1) is 6.21 Å². The third kappa shape index (κ3) is 4.97. The molecule has 26 heavy (non-hydrogen) atoms. The van der Waals surface area contributed by atoms with Gasteiger partial charge in [-0.25, -0.2) is 0 Å². The Balaban J connectivity index is 1.46. The standard InChI is InChI=1S/C19H19N3O3S/c1-2-8-23-16-5-3-4-14(9-16)12-21-22-19(26)20-11-15-6-7-17-18(10-15)25-13-24-17/h2-7,9-10,12H,1,8,11,13H2,(H2,20,22,26)/b21-12-. The molecular weight excluding hydrogens is 350 g/mol. The van der Waals surface area contributed by atoms with E-state index in [0.717, 1.165) is 28.4 Å². The van der Waals surface area contributed by atoms with Crippen molar-refractivity contribution in [2.75, 3.05) is 13.4 Å². The molecule has 0 saturated heterocycles. The van der Waals surface area contributed by atoms with Crippen LogP contribution in [0.4, 0.5) is 0 Å². The Bertz CT molecular complexity index is 823. The maximum absolute atomic E-state index is 5.49. The van der Waals surface area contributed by atoms with Crippen LogP contribution in [0.5, 0.6) is 17.2 Å². The lowest BCUT2D eigenvalue weighted by molar-refractivity contribution is 0.174. The minimum absolute atomic E-state index is 0.265. The van der Waals surface area contributed by atoms with Gasteiger partial charge >= 0.3 is 0 Å². The quantitative estimate of drug-likeness (QED) is 0.339. The van der Waals surface area contributed by atoms with Crippen molar-refractivity contribution < 1.29 is 14.2 Å². The summed E-state index contributed by atoms with van der Waals surface area (Å²) in [5.74, 6) is 2.27. The van der Waals surface area contributed by atoms with Crippen molar-refractivity contribution >= 4 is 23.5 Å². The number of rotatable bonds is 7. The van der Waals surface area contributed by atoms with Gasteiger partial charge in [0, 0.05) is 6.54 Å². The Morgan fingerprint density at radius 3 is 3.00 bits per heavy atom. The van der Waals surface area contributed by atoms with E-state index in [1.807, 2.05) is 42.5 Å². The Kier molecular flexibility index (Phi) is 6.05. The summed E-state index contributed by atoms with van der Waals surface area (Å²) in [6.07, 6.45) is 3.38. The van der Waals surface area contributed by atoms with Crippen LogP contribution in [0.1, 0.15) is 11.1 Å². The smallest absolute Gasteiger partial charge is 0.231 e. The van der Waals surface area contributed by atoms with Gasteiger partial charge in [-0.3, -0.25) is 5.43 Å². The summed E-state index contributed by atoms with van der Waals surface area (Å²) in [6.45, 7) is 4.92. The predicted octanol–water partition coefficient (Wildman–Crippen LogP) is 2.98. The molecule has 134 valence electrons. The van der Waals surface area contributed by atoms with Gasteiger partial charge in [0.1, 0.15) is 12.4 Å². The molecule has 0 atom stereocenters. The van der Waals surface area contributed by atoms with Crippen LogP contribution in [-0.4, -0.2) is 24.7 Å². The summed E-state index contributed by atoms with van der Waals surface area (Å²) >= 11 is 5.22. The number of fused-ring (bicyclic) bond motifs is 1. The lowest BCUT2D eigenvalue weighted by Crippen LogP contribution is -2.31. The minimum Gasteiger partial charge on any atom is -0.490 e. The topological polar surface area (TPSA) is 64.1 Å². The second kappa shape index (κ2) is 8.87. The average Bonchev–Trinajstić information content (AvgIpc) is 3.13. The van der Waals surface area contributed by atoms with E-state index < -0.39 is 0 Å². The van der Waals surface area contributed by atoms with Crippen LogP contribution < -0.4 is 25.0 Å². The third-order valence-corrected chi connectivity index (χ3v) is 3.73. The summed E-state index contributed by atoms with van der Waals surface area (Å²) in [4.78, 5) is 0. The van der Waals surface area contributed by atoms with Crippen LogP contribution in [0, 0.1) is 0 Å². The van der Waals surface area contributed by atoms with Crippen LogP contribution in [0.25, 0.3) is 0 Å². The SMILES string of the molecule is C=CCOc1cccc(/C=N\NC(=S)NCc2ccc3c(c2)OCO3)c1. The van der Waals surface area contributed by atoms with Crippen LogP contribution in [0.15, 0.2) is 60.2 Å². The third-order valence-electron chi connectivity index (χ3n) is 3.50. The molecule has 3 rings (SSSR count). The molecule has 2 aromatic rings. The van der Waals surface area contributed by atoms with E-state index in [1.165, 1.54) is 0 Å². The van der Waals surface area contributed by atoms with E-state index in [4.69, 9.17) is 26.4 Å². The first-order valence-electron chi connectivity index (χ1n) is 8.04. The summed E-state index contributed by atoms with van der Waals surface area (Å²) in [6, 6.07) is 13.4. The molecule has 0 radical (unpaired) electrons. The molecule has 0 aliphatic carbocycles. The fraction of sp³-hybridized carbons (Fsp3) is 0.158. The fourth-order valence-corrected chi connectivity index (χ4v) is 2.40. The Labute approximate surface area is 157 Å². The van der Waals surface area contributed by atoms with Crippen molar-refractivity contribution in [2.24, 2.45) is 5.10 Å². The van der Waals surface area contributed by atoms with Gasteiger partial charge < -0.3 is 19.5 Å². The Morgan fingerprint density at radius 1 is 1.23 bits per heavy atom. The van der Waals surface area contributed by atoms with Crippen molar-refractivity contribution in [3.8, 4) is 17.2 Å². The van der Waals surface area contributed by atoms with E-state index in [-0.39, 0.29) is 6.79 Å². The molecule has 0 fully saturated rings. The fourth-order valence-electron chi connectivity index (χ4n) is 2.28. The highest BCUT2D eigenvalue weighted by atomic mass is 32.1. The molecule has 1 aliphatic heterocycles. The maximum Gasteiger partial charge on any atom is 0.231 e. The Morgan fingerprint density at radius 2 is 2.12 bits per heavy atom. The summed E-state index contributed by atoms with van der Waals surface area (Å²) < 4.78 is 16.1. The molecule has 6 nitrogen and oxygen atoms in total. The van der Waals surface area contributed by atoms with Gasteiger partial charge in [-0.05, 0) is 47.6 Å². The molecule has 1 heterocycles. The Hall–Kier alpha value is -3.06. The molecule has 0 unspecified atom stereocenters. The van der Waals surface area contributed by atoms with E-state index in [0.29, 0.717) is 18.3 Å². The zero-order chi connectivity index (χ0) is 18.2. The van der Waals surface area contributed by atoms with E-state index in [1.54, 1.807) is 12.3 Å². The maximum atomic E-state index is 5.49. The highest BCUT2D eigenvalue weighted by Crippen LogP contribution is 2.32. The first-order chi connectivity index (χ1) is 12.7. The normalized spacial score (nSPS) is 12.0. The molecule has 0 spiro atoms. The van der Waals surface area contributed by atoms with Crippen molar-refractivity contribution in [1.29, 1.82) is 0 Å². The van der Waals surface area contributed by atoms with Gasteiger partial charge in [0.15, 0.2) is 16.6 Å². The van der Waals surface area contributed by atoms with Gasteiger partial charge in [0.25, 0.3) is 0 Å². The van der Waals surface area contributed by atoms with Gasteiger partial charge in [-0.15, -0.1) is 0 Å². The second-order valence-electron chi connectivity index (χ2n) is 5.41. The van der Waals surface area contributed by atoms with Crippen molar-refractivity contribution in [1.82, 2.24) is 10.7 Å². The van der Waals surface area contributed by atoms with Crippen LogP contribution in [-0.2, 0) is 6.54 Å². The molecule has 2 aromatic carbocycles. The number of hydrogen-bond acceptors (Lipinski definition) is 5. The average molecular weight is 369 g/mol. The minimum atomic E-state index is 0.265. The first kappa shape index (κ1) is 17.8. The highest BCUT2D eigenvalue weighted by Gasteiger charge is 2.12. The summed E-state index contributed by atoms with van der Waals surface area (Å²) in [5.41, 5.74) is 4.73.